The molecule has 0 saturated heterocycles. The zero-order valence-electron chi connectivity index (χ0n) is 26.4. The van der Waals surface area contributed by atoms with Crippen LogP contribution in [-0.2, 0) is 25.5 Å². The maximum absolute atomic E-state index is 15.6. The van der Waals surface area contributed by atoms with Crippen LogP contribution in [0.4, 0.5) is 4.39 Å². The maximum Gasteiger partial charge on any atom is 0.343 e. The number of benzene rings is 3. The summed E-state index contributed by atoms with van der Waals surface area (Å²) in [5.41, 5.74) is 3.54. The SMILES string of the molecule is C=CC(=O)OCCOc1ccc2c(c1)C(F)c1cc(OC(=O)c3ccc(OCCCCCCOC(=O)C(=C)CO)c(CC)c3)ccc1-2. The number of rotatable bonds is 18. The predicted octanol–water partition coefficient (Wildman–Crippen LogP) is 6.65. The van der Waals surface area contributed by atoms with Crippen LogP contribution in [0.15, 0.2) is 79.4 Å². The van der Waals surface area contributed by atoms with Crippen molar-refractivity contribution >= 4 is 17.9 Å². The van der Waals surface area contributed by atoms with E-state index in [1.807, 2.05) is 6.92 Å². The van der Waals surface area contributed by atoms with E-state index in [2.05, 4.69) is 13.2 Å². The number of fused-ring (bicyclic) bond motifs is 3. The average Bonchev–Trinajstić information content (AvgIpc) is 3.37. The van der Waals surface area contributed by atoms with E-state index < -0.39 is 30.7 Å². The van der Waals surface area contributed by atoms with Gasteiger partial charge in [0.05, 0.1) is 31.0 Å². The van der Waals surface area contributed by atoms with Crippen molar-refractivity contribution in [2.45, 2.75) is 45.2 Å². The first-order valence-electron chi connectivity index (χ1n) is 15.5. The Kier molecular flexibility index (Phi) is 12.7. The molecule has 10 heteroatoms. The number of ether oxygens (including phenoxy) is 5. The average molecular weight is 647 g/mol. The van der Waals surface area contributed by atoms with Crippen LogP contribution in [0.3, 0.4) is 0 Å². The number of alkyl halides is 1. The first-order chi connectivity index (χ1) is 22.7. The van der Waals surface area contributed by atoms with E-state index in [4.69, 9.17) is 28.8 Å². The number of aliphatic hydroxyl groups excluding tert-OH is 1. The lowest BCUT2D eigenvalue weighted by molar-refractivity contribution is -0.140. The van der Waals surface area contributed by atoms with Crippen molar-refractivity contribution < 1.29 is 47.6 Å². The van der Waals surface area contributed by atoms with Crippen LogP contribution in [0.25, 0.3) is 11.1 Å². The fourth-order valence-electron chi connectivity index (χ4n) is 5.03. The third kappa shape index (κ3) is 9.29. The number of carbonyl (C=O) groups excluding carboxylic acids is 3. The van der Waals surface area contributed by atoms with E-state index in [9.17, 15) is 14.4 Å². The topological polar surface area (TPSA) is 118 Å². The van der Waals surface area contributed by atoms with E-state index in [1.54, 1.807) is 54.6 Å². The minimum Gasteiger partial charge on any atom is -0.493 e. The Morgan fingerprint density at radius 1 is 0.830 bits per heavy atom. The molecular weight excluding hydrogens is 607 g/mol. The van der Waals surface area contributed by atoms with Crippen LogP contribution in [0.5, 0.6) is 17.2 Å². The maximum atomic E-state index is 15.6. The number of carbonyl (C=O) groups is 3. The Balaban J connectivity index is 1.27. The minimum atomic E-state index is -1.43. The highest BCUT2D eigenvalue weighted by molar-refractivity contribution is 5.92. The molecule has 0 amide bonds. The highest BCUT2D eigenvalue weighted by Gasteiger charge is 2.30. The van der Waals surface area contributed by atoms with Crippen molar-refractivity contribution in [1.82, 2.24) is 0 Å². The molecule has 0 saturated carbocycles. The molecule has 1 unspecified atom stereocenters. The summed E-state index contributed by atoms with van der Waals surface area (Å²) < 4.78 is 42.7. The molecule has 1 atom stereocenters. The third-order valence-corrected chi connectivity index (χ3v) is 7.54. The van der Waals surface area contributed by atoms with Crippen molar-refractivity contribution in [3.8, 4) is 28.4 Å². The summed E-state index contributed by atoms with van der Waals surface area (Å²) in [6.45, 7) is 9.25. The Labute approximate surface area is 273 Å². The number of aliphatic hydroxyl groups is 1. The molecule has 248 valence electrons. The number of aryl methyl sites for hydroxylation is 1. The van der Waals surface area contributed by atoms with Crippen LogP contribution in [0, 0.1) is 0 Å². The van der Waals surface area contributed by atoms with Gasteiger partial charge in [-0.3, -0.25) is 0 Å². The first kappa shape index (κ1) is 34.9. The second kappa shape index (κ2) is 17.1. The molecule has 0 radical (unpaired) electrons. The summed E-state index contributed by atoms with van der Waals surface area (Å²) in [7, 11) is 0. The Morgan fingerprint density at radius 3 is 2.19 bits per heavy atom. The van der Waals surface area contributed by atoms with Crippen LogP contribution >= 0.6 is 0 Å². The Hall–Kier alpha value is -4.96. The molecule has 0 fully saturated rings. The van der Waals surface area contributed by atoms with Gasteiger partial charge >= 0.3 is 17.9 Å². The third-order valence-electron chi connectivity index (χ3n) is 7.54. The van der Waals surface area contributed by atoms with Gasteiger partial charge in [-0.25, -0.2) is 18.8 Å². The van der Waals surface area contributed by atoms with E-state index in [-0.39, 0.29) is 31.1 Å². The lowest BCUT2D eigenvalue weighted by Gasteiger charge is -2.13. The molecule has 9 nitrogen and oxygen atoms in total. The van der Waals surface area contributed by atoms with Gasteiger partial charge in [0.15, 0.2) is 6.17 Å². The summed E-state index contributed by atoms with van der Waals surface area (Å²) in [4.78, 5) is 35.7. The van der Waals surface area contributed by atoms with Crippen LogP contribution in [-0.4, -0.2) is 56.0 Å². The van der Waals surface area contributed by atoms with Gasteiger partial charge in [-0.1, -0.05) is 32.2 Å². The number of hydrogen-bond acceptors (Lipinski definition) is 9. The molecule has 3 aromatic rings. The molecule has 1 N–H and O–H groups in total. The number of halogens is 1. The second-order valence-corrected chi connectivity index (χ2v) is 10.8. The zero-order valence-corrected chi connectivity index (χ0v) is 26.4. The molecule has 3 aromatic carbocycles. The van der Waals surface area contributed by atoms with Crippen molar-refractivity contribution in [2.75, 3.05) is 33.0 Å². The van der Waals surface area contributed by atoms with Crippen molar-refractivity contribution in [1.29, 1.82) is 0 Å². The lowest BCUT2D eigenvalue weighted by Crippen LogP contribution is -2.10. The Morgan fingerprint density at radius 2 is 1.51 bits per heavy atom. The molecule has 0 spiro atoms. The molecule has 4 rings (SSSR count). The summed E-state index contributed by atoms with van der Waals surface area (Å²) in [5, 5.41) is 8.88. The van der Waals surface area contributed by atoms with Crippen LogP contribution in [0.2, 0.25) is 0 Å². The number of hydrogen-bond donors (Lipinski definition) is 1. The summed E-state index contributed by atoms with van der Waals surface area (Å²) in [6, 6.07) is 15.2. The van der Waals surface area contributed by atoms with E-state index in [1.165, 1.54) is 0 Å². The van der Waals surface area contributed by atoms with Gasteiger partial charge in [-0.05, 0) is 91.3 Å². The van der Waals surface area contributed by atoms with E-state index in [0.29, 0.717) is 53.2 Å². The molecular formula is C37H39FO9. The fourth-order valence-corrected chi connectivity index (χ4v) is 5.03. The molecule has 47 heavy (non-hydrogen) atoms. The normalized spacial score (nSPS) is 12.8. The molecule has 0 bridgehead atoms. The molecule has 1 aliphatic rings. The van der Waals surface area contributed by atoms with Gasteiger partial charge in [0.2, 0.25) is 0 Å². The van der Waals surface area contributed by atoms with E-state index in [0.717, 1.165) is 36.5 Å². The zero-order chi connectivity index (χ0) is 33.8. The van der Waals surface area contributed by atoms with Crippen LogP contribution < -0.4 is 14.2 Å². The highest BCUT2D eigenvalue weighted by atomic mass is 19.1. The molecule has 1 aliphatic carbocycles. The Bertz CT molecular complexity index is 1610. The fraction of sp³-hybridized carbons (Fsp3) is 0.324. The quantitative estimate of drug-likeness (QED) is 0.0702. The van der Waals surface area contributed by atoms with Gasteiger partial charge in [-0.15, -0.1) is 0 Å². The van der Waals surface area contributed by atoms with Gasteiger partial charge in [0.25, 0.3) is 0 Å². The van der Waals surface area contributed by atoms with E-state index >= 15 is 4.39 Å². The van der Waals surface area contributed by atoms with Crippen molar-refractivity contribution in [2.24, 2.45) is 0 Å². The smallest absolute Gasteiger partial charge is 0.343 e. The standard InChI is InChI=1S/C37H39FO9/c1-4-25-20-26(10-15-33(25)44-16-8-6-7-9-17-46-36(41)24(3)23-39)37(42)47-28-12-14-30-29-13-11-27(43-18-19-45-34(40)5-2)21-31(29)35(38)32(30)22-28/h5,10-15,20-22,35,39H,2-4,6-9,16-19,23H2,1H3. The first-order valence-corrected chi connectivity index (χ1v) is 15.5. The number of esters is 3. The monoisotopic (exact) mass is 646 g/mol. The van der Waals surface area contributed by atoms with Gasteiger partial charge in [-0.2, -0.15) is 0 Å². The van der Waals surface area contributed by atoms with Gasteiger partial charge in [0, 0.05) is 17.2 Å². The second-order valence-electron chi connectivity index (χ2n) is 10.8. The van der Waals surface area contributed by atoms with Crippen molar-refractivity contribution in [3.63, 3.8) is 0 Å². The van der Waals surface area contributed by atoms with Crippen LogP contribution in [0.1, 0.15) is 65.8 Å². The van der Waals surface area contributed by atoms with Crippen molar-refractivity contribution in [3.05, 3.63) is 102 Å². The number of unbranched alkanes of at least 4 members (excludes halogenated alkanes) is 3. The molecule has 0 aromatic heterocycles. The minimum absolute atomic E-state index is 0.0410. The molecule has 0 aliphatic heterocycles. The summed E-state index contributed by atoms with van der Waals surface area (Å²) in [5.74, 6) is -0.312. The predicted molar refractivity (Wildman–Crippen MR) is 173 cm³/mol. The van der Waals surface area contributed by atoms with Gasteiger partial charge in [0.1, 0.15) is 30.5 Å². The summed E-state index contributed by atoms with van der Waals surface area (Å²) >= 11 is 0. The summed E-state index contributed by atoms with van der Waals surface area (Å²) in [6.07, 6.45) is 3.55. The molecule has 0 heterocycles. The van der Waals surface area contributed by atoms with Gasteiger partial charge < -0.3 is 28.8 Å². The largest absolute Gasteiger partial charge is 0.493 e. The highest BCUT2D eigenvalue weighted by Crippen LogP contribution is 2.47. The lowest BCUT2D eigenvalue weighted by atomic mass is 10.1.